The molecule has 112 valence electrons. The minimum atomic E-state index is 0.319. The van der Waals surface area contributed by atoms with Gasteiger partial charge in [0.1, 0.15) is 0 Å². The molecule has 0 aliphatic carbocycles. The Kier molecular flexibility index (Phi) is 5.01. The van der Waals surface area contributed by atoms with Crippen LogP contribution in [0.3, 0.4) is 0 Å². The molecule has 1 unspecified atom stereocenters. The van der Waals surface area contributed by atoms with Gasteiger partial charge in [-0.1, -0.05) is 17.7 Å². The van der Waals surface area contributed by atoms with Crippen LogP contribution in [0, 0.1) is 5.92 Å². The zero-order chi connectivity index (χ0) is 14.7. The lowest BCUT2D eigenvalue weighted by molar-refractivity contribution is 0.224. The monoisotopic (exact) mass is 322 g/mol. The van der Waals surface area contributed by atoms with Crippen LogP contribution >= 0.6 is 23.4 Å². The number of aliphatic hydroxyl groups is 1. The topological polar surface area (TPSA) is 36.4 Å². The highest BCUT2D eigenvalue weighted by molar-refractivity contribution is 7.99. The van der Waals surface area contributed by atoms with Gasteiger partial charge in [-0.05, 0) is 37.1 Å². The van der Waals surface area contributed by atoms with Crippen LogP contribution in [0.1, 0.15) is 6.42 Å². The Morgan fingerprint density at radius 2 is 2.29 bits per heavy atom. The van der Waals surface area contributed by atoms with Crippen molar-refractivity contribution in [2.75, 3.05) is 32.0 Å². The first-order valence-electron chi connectivity index (χ1n) is 7.26. The smallest absolute Gasteiger partial charge is 0.0728 e. The number of hydrogen-bond acceptors (Lipinski definition) is 4. The van der Waals surface area contributed by atoms with Crippen molar-refractivity contribution >= 4 is 34.3 Å². The summed E-state index contributed by atoms with van der Waals surface area (Å²) in [5.41, 5.74) is 0.953. The van der Waals surface area contributed by atoms with Gasteiger partial charge in [-0.15, -0.1) is 11.8 Å². The van der Waals surface area contributed by atoms with Gasteiger partial charge < -0.3 is 10.0 Å². The molecule has 1 atom stereocenters. The molecule has 21 heavy (non-hydrogen) atoms. The number of aliphatic hydroxyl groups excluding tert-OH is 1. The summed E-state index contributed by atoms with van der Waals surface area (Å²) in [5.74, 6) is 1.53. The SMILES string of the molecule is OCC1CCN(CCSc2ccnc3cc(Cl)ccc23)C1. The fraction of sp³-hybridized carbons (Fsp3) is 0.438. The highest BCUT2D eigenvalue weighted by Gasteiger charge is 2.20. The van der Waals surface area contributed by atoms with Gasteiger partial charge in [-0.25, -0.2) is 0 Å². The summed E-state index contributed by atoms with van der Waals surface area (Å²) in [6.07, 6.45) is 2.97. The van der Waals surface area contributed by atoms with E-state index in [1.165, 1.54) is 10.3 Å². The molecule has 0 spiro atoms. The van der Waals surface area contributed by atoms with Crippen LogP contribution in [-0.4, -0.2) is 47.0 Å². The quantitative estimate of drug-likeness (QED) is 0.857. The van der Waals surface area contributed by atoms with Crippen molar-refractivity contribution in [3.63, 3.8) is 0 Å². The molecule has 0 saturated carbocycles. The van der Waals surface area contributed by atoms with Gasteiger partial charge in [0.05, 0.1) is 5.52 Å². The van der Waals surface area contributed by atoms with E-state index < -0.39 is 0 Å². The molecule has 3 nitrogen and oxygen atoms in total. The van der Waals surface area contributed by atoms with E-state index in [4.69, 9.17) is 11.6 Å². The standard InChI is InChI=1S/C16H19ClN2OS/c17-13-1-2-14-15(9-13)18-5-3-16(14)21-8-7-19-6-4-12(10-19)11-20/h1-3,5,9,12,20H,4,6-8,10-11H2. The Morgan fingerprint density at radius 1 is 1.38 bits per heavy atom. The summed E-state index contributed by atoms with van der Waals surface area (Å²) >= 11 is 7.88. The number of hydrogen-bond donors (Lipinski definition) is 1. The summed E-state index contributed by atoms with van der Waals surface area (Å²) in [6.45, 7) is 3.53. The second-order valence-electron chi connectivity index (χ2n) is 5.46. The molecule has 1 aromatic heterocycles. The van der Waals surface area contributed by atoms with Crippen molar-refractivity contribution in [2.45, 2.75) is 11.3 Å². The van der Waals surface area contributed by atoms with Gasteiger partial charge >= 0.3 is 0 Å². The summed E-state index contributed by atoms with van der Waals surface area (Å²) in [7, 11) is 0. The van der Waals surface area contributed by atoms with E-state index in [0.717, 1.165) is 42.3 Å². The van der Waals surface area contributed by atoms with Crippen molar-refractivity contribution in [2.24, 2.45) is 5.92 Å². The zero-order valence-corrected chi connectivity index (χ0v) is 13.4. The maximum atomic E-state index is 9.18. The van der Waals surface area contributed by atoms with Gasteiger partial charge in [0.15, 0.2) is 0 Å². The molecule has 0 bridgehead atoms. The maximum absolute atomic E-state index is 9.18. The lowest BCUT2D eigenvalue weighted by Gasteiger charge is -2.15. The average molecular weight is 323 g/mol. The number of rotatable bonds is 5. The number of benzene rings is 1. The van der Waals surface area contributed by atoms with Crippen LogP contribution < -0.4 is 0 Å². The van der Waals surface area contributed by atoms with E-state index in [9.17, 15) is 5.11 Å². The Morgan fingerprint density at radius 3 is 3.10 bits per heavy atom. The first-order chi connectivity index (χ1) is 10.3. The maximum Gasteiger partial charge on any atom is 0.0728 e. The molecule has 5 heteroatoms. The summed E-state index contributed by atoms with van der Waals surface area (Å²) < 4.78 is 0. The number of thioether (sulfide) groups is 1. The lowest BCUT2D eigenvalue weighted by atomic mass is 10.1. The Balaban J connectivity index is 1.61. The predicted molar refractivity (Wildman–Crippen MR) is 89.1 cm³/mol. The van der Waals surface area contributed by atoms with Gasteiger partial charge in [0.25, 0.3) is 0 Å². The van der Waals surface area contributed by atoms with Crippen LogP contribution in [0.5, 0.6) is 0 Å². The minimum absolute atomic E-state index is 0.319. The normalized spacial score (nSPS) is 19.4. The molecule has 2 aromatic rings. The molecule has 0 radical (unpaired) electrons. The molecular weight excluding hydrogens is 304 g/mol. The fourth-order valence-corrected chi connectivity index (χ4v) is 3.99. The van der Waals surface area contributed by atoms with E-state index in [0.29, 0.717) is 12.5 Å². The first-order valence-corrected chi connectivity index (χ1v) is 8.63. The van der Waals surface area contributed by atoms with E-state index in [2.05, 4.69) is 16.0 Å². The van der Waals surface area contributed by atoms with Gasteiger partial charge in [-0.3, -0.25) is 4.98 Å². The van der Waals surface area contributed by atoms with Crippen LogP contribution in [0.2, 0.25) is 5.02 Å². The fourth-order valence-electron chi connectivity index (χ4n) is 2.77. The molecule has 1 aliphatic heterocycles. The van der Waals surface area contributed by atoms with E-state index in [1.807, 2.05) is 36.2 Å². The summed E-state index contributed by atoms with van der Waals surface area (Å²) in [6, 6.07) is 7.95. The Bertz CT molecular complexity index is 622. The third-order valence-electron chi connectivity index (χ3n) is 3.96. The average Bonchev–Trinajstić information content (AvgIpc) is 2.95. The van der Waals surface area contributed by atoms with E-state index in [-0.39, 0.29) is 0 Å². The number of likely N-dealkylation sites (tertiary alicyclic amines) is 1. The second kappa shape index (κ2) is 6.97. The largest absolute Gasteiger partial charge is 0.396 e. The van der Waals surface area contributed by atoms with Crippen molar-refractivity contribution in [1.82, 2.24) is 9.88 Å². The molecule has 3 rings (SSSR count). The number of fused-ring (bicyclic) bond motifs is 1. The zero-order valence-electron chi connectivity index (χ0n) is 11.8. The van der Waals surface area contributed by atoms with Crippen LogP contribution in [0.4, 0.5) is 0 Å². The summed E-state index contributed by atoms with van der Waals surface area (Å²) in [4.78, 5) is 8.07. The van der Waals surface area contributed by atoms with Gasteiger partial charge in [-0.2, -0.15) is 0 Å². The lowest BCUT2D eigenvalue weighted by Crippen LogP contribution is -2.24. The number of aromatic nitrogens is 1. The van der Waals surface area contributed by atoms with Gasteiger partial charge in [0.2, 0.25) is 0 Å². The van der Waals surface area contributed by atoms with Crippen molar-refractivity contribution in [3.8, 4) is 0 Å². The molecule has 1 aliphatic rings. The van der Waals surface area contributed by atoms with Crippen LogP contribution in [0.25, 0.3) is 10.9 Å². The number of halogens is 1. The highest BCUT2D eigenvalue weighted by atomic mass is 35.5. The number of nitrogens with zero attached hydrogens (tertiary/aromatic N) is 2. The molecule has 1 saturated heterocycles. The van der Waals surface area contributed by atoms with Crippen molar-refractivity contribution in [1.29, 1.82) is 0 Å². The predicted octanol–water partition coefficient (Wildman–Crippen LogP) is 3.29. The molecule has 0 amide bonds. The summed E-state index contributed by atoms with van der Waals surface area (Å²) in [5, 5.41) is 11.1. The van der Waals surface area contributed by atoms with E-state index in [1.54, 1.807) is 0 Å². The minimum Gasteiger partial charge on any atom is -0.396 e. The van der Waals surface area contributed by atoms with Crippen LogP contribution in [-0.2, 0) is 0 Å². The van der Waals surface area contributed by atoms with Crippen molar-refractivity contribution in [3.05, 3.63) is 35.5 Å². The third kappa shape index (κ3) is 3.69. The molecule has 1 fully saturated rings. The molecular formula is C16H19ClN2OS. The first kappa shape index (κ1) is 15.1. The van der Waals surface area contributed by atoms with Crippen LogP contribution in [0.15, 0.2) is 35.4 Å². The Labute approximate surface area is 134 Å². The highest BCUT2D eigenvalue weighted by Crippen LogP contribution is 2.28. The third-order valence-corrected chi connectivity index (χ3v) is 5.25. The van der Waals surface area contributed by atoms with E-state index >= 15 is 0 Å². The second-order valence-corrected chi connectivity index (χ2v) is 7.03. The molecule has 1 aromatic carbocycles. The Hall–Kier alpha value is -0.810. The number of pyridine rings is 1. The molecule has 1 N–H and O–H groups in total. The van der Waals surface area contributed by atoms with Crippen molar-refractivity contribution < 1.29 is 5.11 Å². The van der Waals surface area contributed by atoms with Gasteiger partial charge in [0, 0.05) is 47.0 Å². The molecule has 2 heterocycles.